The standard InChI is InChI=1S/C16H17N3O/c1-19-13(11-20-14-5-3-7-18-10-14)8-15-12(9-17)4-2-6-16(15)19/h2-8,10H,9,11,17H2,1H3. The summed E-state index contributed by atoms with van der Waals surface area (Å²) in [4.78, 5) is 4.04. The number of hydrogen-bond donors (Lipinski definition) is 1. The van der Waals surface area contributed by atoms with Crippen molar-refractivity contribution in [1.29, 1.82) is 0 Å². The van der Waals surface area contributed by atoms with Crippen molar-refractivity contribution in [3.63, 3.8) is 0 Å². The number of fused-ring (bicyclic) bond motifs is 1. The Labute approximate surface area is 117 Å². The summed E-state index contributed by atoms with van der Waals surface area (Å²) in [5, 5.41) is 1.20. The van der Waals surface area contributed by atoms with Crippen LogP contribution in [0.25, 0.3) is 10.9 Å². The van der Waals surface area contributed by atoms with Gasteiger partial charge in [-0.15, -0.1) is 0 Å². The van der Waals surface area contributed by atoms with E-state index in [1.54, 1.807) is 12.4 Å². The van der Waals surface area contributed by atoms with E-state index in [0.29, 0.717) is 13.2 Å². The third kappa shape index (κ3) is 2.26. The third-order valence-electron chi connectivity index (χ3n) is 3.52. The molecule has 4 heteroatoms. The summed E-state index contributed by atoms with van der Waals surface area (Å²) in [6.07, 6.45) is 3.45. The number of rotatable bonds is 4. The van der Waals surface area contributed by atoms with Crippen molar-refractivity contribution < 1.29 is 4.74 Å². The summed E-state index contributed by atoms with van der Waals surface area (Å²) in [7, 11) is 2.05. The number of ether oxygens (including phenoxy) is 1. The first-order chi connectivity index (χ1) is 9.79. The van der Waals surface area contributed by atoms with Gasteiger partial charge in [0.15, 0.2) is 0 Å². The number of pyridine rings is 1. The molecule has 3 rings (SSSR count). The van der Waals surface area contributed by atoms with Gasteiger partial charge in [0.2, 0.25) is 0 Å². The number of nitrogens with zero attached hydrogens (tertiary/aromatic N) is 2. The molecule has 0 fully saturated rings. The Morgan fingerprint density at radius 3 is 2.90 bits per heavy atom. The molecule has 102 valence electrons. The van der Waals surface area contributed by atoms with Gasteiger partial charge < -0.3 is 15.0 Å². The average molecular weight is 267 g/mol. The lowest BCUT2D eigenvalue weighted by atomic mass is 10.1. The first kappa shape index (κ1) is 12.7. The highest BCUT2D eigenvalue weighted by Gasteiger charge is 2.09. The number of hydrogen-bond acceptors (Lipinski definition) is 3. The van der Waals surface area contributed by atoms with E-state index in [4.69, 9.17) is 10.5 Å². The van der Waals surface area contributed by atoms with Crippen LogP contribution in [0, 0.1) is 0 Å². The van der Waals surface area contributed by atoms with Crippen molar-refractivity contribution in [1.82, 2.24) is 9.55 Å². The average Bonchev–Trinajstić information content (AvgIpc) is 2.83. The largest absolute Gasteiger partial charge is 0.486 e. The monoisotopic (exact) mass is 267 g/mol. The third-order valence-corrected chi connectivity index (χ3v) is 3.52. The number of nitrogens with two attached hydrogens (primary N) is 1. The van der Waals surface area contributed by atoms with Crippen LogP contribution in [0.4, 0.5) is 0 Å². The van der Waals surface area contributed by atoms with E-state index in [-0.39, 0.29) is 0 Å². The molecule has 3 aromatic rings. The van der Waals surface area contributed by atoms with E-state index in [9.17, 15) is 0 Å². The van der Waals surface area contributed by atoms with E-state index in [2.05, 4.69) is 27.8 Å². The molecule has 0 aliphatic rings. The molecule has 0 spiro atoms. The molecule has 2 aromatic heterocycles. The fraction of sp³-hybridized carbons (Fsp3) is 0.188. The molecule has 2 N–H and O–H groups in total. The minimum atomic E-state index is 0.515. The molecule has 0 atom stereocenters. The van der Waals surface area contributed by atoms with Crippen LogP contribution in [0.5, 0.6) is 5.75 Å². The lowest BCUT2D eigenvalue weighted by Gasteiger charge is -2.07. The van der Waals surface area contributed by atoms with Gasteiger partial charge in [0.25, 0.3) is 0 Å². The molecule has 0 saturated carbocycles. The van der Waals surface area contributed by atoms with Gasteiger partial charge in [-0.3, -0.25) is 4.98 Å². The topological polar surface area (TPSA) is 53.1 Å². The van der Waals surface area contributed by atoms with Crippen LogP contribution in [0.2, 0.25) is 0 Å². The smallest absolute Gasteiger partial charge is 0.138 e. The highest BCUT2D eigenvalue weighted by molar-refractivity contribution is 5.84. The predicted octanol–water partition coefficient (Wildman–Crippen LogP) is 2.61. The first-order valence-electron chi connectivity index (χ1n) is 6.58. The maximum atomic E-state index is 5.79. The summed E-state index contributed by atoms with van der Waals surface area (Å²) >= 11 is 0. The molecule has 4 nitrogen and oxygen atoms in total. The summed E-state index contributed by atoms with van der Waals surface area (Å²) < 4.78 is 7.91. The number of benzene rings is 1. The Hall–Kier alpha value is -2.33. The molecule has 0 aliphatic carbocycles. The minimum absolute atomic E-state index is 0.515. The molecule has 1 aromatic carbocycles. The van der Waals surface area contributed by atoms with Crippen LogP contribution in [0.1, 0.15) is 11.3 Å². The lowest BCUT2D eigenvalue weighted by molar-refractivity contribution is 0.296. The van der Waals surface area contributed by atoms with Crippen molar-refractivity contribution in [2.24, 2.45) is 12.8 Å². The number of aromatic nitrogens is 2. The maximum absolute atomic E-state index is 5.79. The van der Waals surface area contributed by atoms with Crippen molar-refractivity contribution in [2.45, 2.75) is 13.2 Å². The summed E-state index contributed by atoms with van der Waals surface area (Å²) in [5.41, 5.74) is 9.24. The lowest BCUT2D eigenvalue weighted by Crippen LogP contribution is -2.01. The molecule has 0 amide bonds. The van der Waals surface area contributed by atoms with Crippen LogP contribution in [0.15, 0.2) is 48.8 Å². The Kier molecular flexibility index (Phi) is 3.39. The van der Waals surface area contributed by atoms with Gasteiger partial charge in [0.1, 0.15) is 12.4 Å². The zero-order chi connectivity index (χ0) is 13.9. The van der Waals surface area contributed by atoms with E-state index in [1.165, 1.54) is 10.9 Å². The van der Waals surface area contributed by atoms with Gasteiger partial charge >= 0.3 is 0 Å². The fourth-order valence-corrected chi connectivity index (χ4v) is 2.38. The van der Waals surface area contributed by atoms with Crippen molar-refractivity contribution in [3.8, 4) is 5.75 Å². The maximum Gasteiger partial charge on any atom is 0.138 e. The van der Waals surface area contributed by atoms with Crippen LogP contribution in [-0.4, -0.2) is 9.55 Å². The van der Waals surface area contributed by atoms with Crippen LogP contribution in [0.3, 0.4) is 0 Å². The van der Waals surface area contributed by atoms with Crippen molar-refractivity contribution >= 4 is 10.9 Å². The summed E-state index contributed by atoms with van der Waals surface area (Å²) in [6, 6.07) is 12.1. The molecule has 20 heavy (non-hydrogen) atoms. The Bertz CT molecular complexity index is 719. The Morgan fingerprint density at radius 1 is 1.25 bits per heavy atom. The first-order valence-corrected chi connectivity index (χ1v) is 6.58. The van der Waals surface area contributed by atoms with Gasteiger partial charge in [-0.1, -0.05) is 12.1 Å². The minimum Gasteiger partial charge on any atom is -0.486 e. The summed E-state index contributed by atoms with van der Waals surface area (Å²) in [6.45, 7) is 1.06. The Morgan fingerprint density at radius 2 is 2.15 bits per heavy atom. The van der Waals surface area contributed by atoms with Crippen molar-refractivity contribution in [2.75, 3.05) is 0 Å². The SMILES string of the molecule is Cn1c(COc2cccnc2)cc2c(CN)cccc21. The second-order valence-electron chi connectivity index (χ2n) is 4.73. The van der Waals surface area contributed by atoms with Gasteiger partial charge in [0, 0.05) is 30.7 Å². The molecule has 0 bridgehead atoms. The second kappa shape index (κ2) is 5.35. The van der Waals surface area contributed by atoms with E-state index in [1.807, 2.05) is 25.2 Å². The molecule has 0 unspecified atom stereocenters. The molecular formula is C16H17N3O. The second-order valence-corrected chi connectivity index (χ2v) is 4.73. The van der Waals surface area contributed by atoms with Crippen LogP contribution >= 0.6 is 0 Å². The van der Waals surface area contributed by atoms with E-state index < -0.39 is 0 Å². The van der Waals surface area contributed by atoms with Crippen LogP contribution in [-0.2, 0) is 20.2 Å². The van der Waals surface area contributed by atoms with E-state index in [0.717, 1.165) is 17.0 Å². The van der Waals surface area contributed by atoms with Gasteiger partial charge in [-0.25, -0.2) is 0 Å². The highest BCUT2D eigenvalue weighted by atomic mass is 16.5. The van der Waals surface area contributed by atoms with E-state index >= 15 is 0 Å². The molecule has 0 radical (unpaired) electrons. The predicted molar refractivity (Wildman–Crippen MR) is 79.4 cm³/mol. The quantitative estimate of drug-likeness (QED) is 0.790. The van der Waals surface area contributed by atoms with Crippen molar-refractivity contribution in [3.05, 3.63) is 60.0 Å². The normalized spacial score (nSPS) is 10.9. The summed E-state index contributed by atoms with van der Waals surface area (Å²) in [5.74, 6) is 0.775. The molecule has 0 saturated heterocycles. The highest BCUT2D eigenvalue weighted by Crippen LogP contribution is 2.23. The van der Waals surface area contributed by atoms with Gasteiger partial charge in [0.05, 0.1) is 11.9 Å². The zero-order valence-corrected chi connectivity index (χ0v) is 11.4. The van der Waals surface area contributed by atoms with Crippen LogP contribution < -0.4 is 10.5 Å². The van der Waals surface area contributed by atoms with Gasteiger partial charge in [-0.2, -0.15) is 0 Å². The Balaban J connectivity index is 1.90. The molecule has 2 heterocycles. The fourth-order valence-electron chi connectivity index (χ4n) is 2.38. The van der Waals surface area contributed by atoms with Gasteiger partial charge in [-0.05, 0) is 29.8 Å². The zero-order valence-electron chi connectivity index (χ0n) is 11.4. The molecular weight excluding hydrogens is 250 g/mol. The molecule has 0 aliphatic heterocycles. The number of aryl methyl sites for hydroxylation is 1.